The highest BCUT2D eigenvalue weighted by molar-refractivity contribution is 5.80. The number of pyridine rings is 2. The molecule has 0 spiro atoms. The largest absolute Gasteiger partial charge is 0.481 e. The maximum atomic E-state index is 14.8. The van der Waals surface area contributed by atoms with Crippen LogP contribution in [0.2, 0.25) is 0 Å². The van der Waals surface area contributed by atoms with Gasteiger partial charge in [-0.3, -0.25) is 14.8 Å². The highest BCUT2D eigenvalue weighted by atomic mass is 19.1. The van der Waals surface area contributed by atoms with E-state index in [9.17, 15) is 14.0 Å². The van der Waals surface area contributed by atoms with Gasteiger partial charge in [-0.05, 0) is 23.6 Å². The van der Waals surface area contributed by atoms with E-state index in [1.54, 1.807) is 50.8 Å². The van der Waals surface area contributed by atoms with Crippen molar-refractivity contribution in [2.45, 2.75) is 26.8 Å². The van der Waals surface area contributed by atoms with Crippen LogP contribution < -0.4 is 15.8 Å². The number of aromatic nitrogens is 2. The Hall–Kier alpha value is -3.52. The van der Waals surface area contributed by atoms with Crippen molar-refractivity contribution in [2.24, 2.45) is 5.41 Å². The van der Waals surface area contributed by atoms with Crippen LogP contribution in [0.4, 0.5) is 4.39 Å². The van der Waals surface area contributed by atoms with Crippen molar-refractivity contribution in [3.63, 3.8) is 0 Å². The molecule has 2 N–H and O–H groups in total. The number of hydrogen-bond acceptors (Lipinski definition) is 5. The Labute approximate surface area is 179 Å². The number of nitrogens with zero attached hydrogens (tertiary/aromatic N) is 2. The Morgan fingerprint density at radius 3 is 2.39 bits per heavy atom. The first-order valence-electron chi connectivity index (χ1n) is 9.70. The summed E-state index contributed by atoms with van der Waals surface area (Å²) in [6.45, 7) is 3.41. The third kappa shape index (κ3) is 4.97. The van der Waals surface area contributed by atoms with Crippen molar-refractivity contribution >= 4 is 5.91 Å². The van der Waals surface area contributed by atoms with Gasteiger partial charge in [0, 0.05) is 47.6 Å². The molecule has 0 radical (unpaired) electrons. The molecule has 31 heavy (non-hydrogen) atoms. The lowest BCUT2D eigenvalue weighted by atomic mass is 9.88. The molecule has 0 fully saturated rings. The van der Waals surface area contributed by atoms with E-state index in [-0.39, 0.29) is 24.1 Å². The number of benzene rings is 1. The van der Waals surface area contributed by atoms with Gasteiger partial charge in [0.25, 0.3) is 5.56 Å². The number of rotatable bonds is 7. The van der Waals surface area contributed by atoms with Crippen molar-refractivity contribution in [3.8, 4) is 28.1 Å². The molecular formula is C23H24FN3O4. The minimum atomic E-state index is -0.907. The lowest BCUT2D eigenvalue weighted by Crippen LogP contribution is -2.36. The summed E-state index contributed by atoms with van der Waals surface area (Å²) in [7, 11) is 1.55. The van der Waals surface area contributed by atoms with Crippen LogP contribution in [0.3, 0.4) is 0 Å². The van der Waals surface area contributed by atoms with Crippen molar-refractivity contribution in [1.29, 1.82) is 0 Å². The normalized spacial score (nSPS) is 11.3. The van der Waals surface area contributed by atoms with E-state index in [2.05, 4.69) is 4.98 Å². The summed E-state index contributed by atoms with van der Waals surface area (Å²) in [5, 5.41) is 8.81. The van der Waals surface area contributed by atoms with Crippen LogP contribution in [0.15, 0.2) is 59.7 Å². The minimum absolute atomic E-state index is 0.139. The molecule has 0 aliphatic heterocycles. The Balaban J connectivity index is 1.81. The van der Waals surface area contributed by atoms with Crippen LogP contribution in [0, 0.1) is 11.2 Å². The van der Waals surface area contributed by atoms with Gasteiger partial charge >= 0.3 is 0 Å². The van der Waals surface area contributed by atoms with Gasteiger partial charge in [0.2, 0.25) is 11.8 Å². The summed E-state index contributed by atoms with van der Waals surface area (Å²) < 4.78 is 21.0. The molecule has 0 saturated carbocycles. The lowest BCUT2D eigenvalue weighted by molar-refractivity contribution is -0.138. The third-order valence-corrected chi connectivity index (χ3v) is 5.25. The molecule has 0 saturated heterocycles. The van der Waals surface area contributed by atoms with Gasteiger partial charge in [0.15, 0.2) is 0 Å². The van der Waals surface area contributed by atoms with Gasteiger partial charge in [-0.25, -0.2) is 14.9 Å². The van der Waals surface area contributed by atoms with Crippen LogP contribution >= 0.6 is 0 Å². The Morgan fingerprint density at radius 2 is 1.81 bits per heavy atom. The zero-order valence-corrected chi connectivity index (χ0v) is 17.6. The maximum Gasteiger partial charge on any atom is 0.251 e. The molecule has 8 heteroatoms. The first-order chi connectivity index (χ1) is 14.7. The minimum Gasteiger partial charge on any atom is -0.481 e. The van der Waals surface area contributed by atoms with Gasteiger partial charge in [-0.15, -0.1) is 0 Å². The Kier molecular flexibility index (Phi) is 6.50. The number of carbonyl (C=O) groups excluding carboxylic acids is 1. The summed E-state index contributed by atoms with van der Waals surface area (Å²) in [5.41, 5.74) is 2.89. The number of aryl methyl sites for hydroxylation is 1. The molecule has 0 unspecified atom stereocenters. The molecule has 0 aliphatic carbocycles. The number of hydroxylamine groups is 1. The van der Waals surface area contributed by atoms with Crippen LogP contribution in [0.5, 0.6) is 5.88 Å². The Bertz CT molecular complexity index is 1120. The highest BCUT2D eigenvalue weighted by Crippen LogP contribution is 2.27. The second-order valence-corrected chi connectivity index (χ2v) is 7.81. The average molecular weight is 425 g/mol. The summed E-state index contributed by atoms with van der Waals surface area (Å²) >= 11 is 0. The van der Waals surface area contributed by atoms with E-state index in [1.165, 1.54) is 10.6 Å². The number of carbonyl (C=O) groups is 1. The van der Waals surface area contributed by atoms with Gasteiger partial charge in [0.1, 0.15) is 5.82 Å². The standard InChI is InChI=1S/C23H24FN3O4/c1-23(2,22(29)26-30)10-11-27-14-19(24)18(12-21(27)28)16-6-4-15(5-7-16)17-8-9-20(31-3)25-13-17/h4-9,12-14,30H,10-11H2,1-3H3,(H,26,29). The van der Waals surface area contributed by atoms with Crippen LogP contribution in [0.25, 0.3) is 22.3 Å². The molecular weight excluding hydrogens is 401 g/mol. The lowest BCUT2D eigenvalue weighted by Gasteiger charge is -2.22. The van der Waals surface area contributed by atoms with Crippen LogP contribution in [0.1, 0.15) is 20.3 Å². The number of halogens is 1. The van der Waals surface area contributed by atoms with Gasteiger partial charge < -0.3 is 9.30 Å². The van der Waals surface area contributed by atoms with E-state index < -0.39 is 17.1 Å². The van der Waals surface area contributed by atoms with Crippen molar-refractivity contribution in [3.05, 3.63) is 71.0 Å². The molecule has 1 aromatic carbocycles. The fraction of sp³-hybridized carbons (Fsp3) is 0.261. The molecule has 1 amide bonds. The third-order valence-electron chi connectivity index (χ3n) is 5.25. The van der Waals surface area contributed by atoms with E-state index >= 15 is 0 Å². The molecule has 7 nitrogen and oxygen atoms in total. The molecule has 3 rings (SSSR count). The second-order valence-electron chi connectivity index (χ2n) is 7.81. The first-order valence-corrected chi connectivity index (χ1v) is 9.70. The molecule has 2 heterocycles. The topological polar surface area (TPSA) is 93.5 Å². The number of hydrogen-bond donors (Lipinski definition) is 2. The quantitative estimate of drug-likeness (QED) is 0.445. The predicted molar refractivity (Wildman–Crippen MR) is 114 cm³/mol. The molecule has 0 atom stereocenters. The van der Waals surface area contributed by atoms with Gasteiger partial charge in [0.05, 0.1) is 7.11 Å². The highest BCUT2D eigenvalue weighted by Gasteiger charge is 2.27. The molecule has 2 aromatic heterocycles. The van der Waals surface area contributed by atoms with Gasteiger partial charge in [-0.2, -0.15) is 0 Å². The summed E-state index contributed by atoms with van der Waals surface area (Å²) in [5.74, 6) is -0.587. The van der Waals surface area contributed by atoms with Crippen molar-refractivity contribution < 1.29 is 19.1 Å². The second kappa shape index (κ2) is 9.09. The fourth-order valence-corrected chi connectivity index (χ4v) is 3.12. The SMILES string of the molecule is COc1ccc(-c2ccc(-c3cc(=O)n(CCC(C)(C)C(=O)NO)cc3F)cc2)cn1. The van der Waals surface area contributed by atoms with E-state index in [1.807, 2.05) is 18.2 Å². The smallest absolute Gasteiger partial charge is 0.251 e. The summed E-state index contributed by atoms with van der Waals surface area (Å²) in [4.78, 5) is 28.3. The predicted octanol–water partition coefficient (Wildman–Crippen LogP) is 3.65. The number of methoxy groups -OCH3 is 1. The molecule has 162 valence electrons. The molecule has 0 aliphatic rings. The monoisotopic (exact) mass is 425 g/mol. The number of amides is 1. The van der Waals surface area contributed by atoms with Crippen molar-refractivity contribution in [1.82, 2.24) is 15.0 Å². The average Bonchev–Trinajstić information content (AvgIpc) is 2.79. The fourth-order valence-electron chi connectivity index (χ4n) is 3.12. The molecule has 0 bridgehead atoms. The van der Waals surface area contributed by atoms with Crippen LogP contribution in [-0.4, -0.2) is 27.8 Å². The zero-order valence-electron chi connectivity index (χ0n) is 17.6. The van der Waals surface area contributed by atoms with Crippen LogP contribution in [-0.2, 0) is 11.3 Å². The van der Waals surface area contributed by atoms with E-state index in [0.29, 0.717) is 11.4 Å². The number of nitrogens with one attached hydrogen (secondary N) is 1. The maximum absolute atomic E-state index is 14.8. The zero-order chi connectivity index (χ0) is 22.6. The molecule has 3 aromatic rings. The van der Waals surface area contributed by atoms with E-state index in [0.717, 1.165) is 17.3 Å². The summed E-state index contributed by atoms with van der Waals surface area (Å²) in [6.07, 6.45) is 3.09. The van der Waals surface area contributed by atoms with Crippen molar-refractivity contribution in [2.75, 3.05) is 7.11 Å². The summed E-state index contributed by atoms with van der Waals surface area (Å²) in [6, 6.07) is 12.0. The Morgan fingerprint density at radius 1 is 1.16 bits per heavy atom. The van der Waals surface area contributed by atoms with E-state index in [4.69, 9.17) is 9.94 Å². The number of ether oxygens (including phenoxy) is 1. The first kappa shape index (κ1) is 22.2. The van der Waals surface area contributed by atoms with Gasteiger partial charge in [-0.1, -0.05) is 38.1 Å².